The Kier molecular flexibility index (Phi) is 10.7. The first kappa shape index (κ1) is 29.1. The molecule has 0 spiro atoms. The highest BCUT2D eigenvalue weighted by molar-refractivity contribution is 7.59. The largest absolute Gasteiger partial charge is 0.491 e. The lowest BCUT2D eigenvalue weighted by Crippen LogP contribution is -2.05. The smallest absolute Gasteiger partial charge is 0.304 e. The molecule has 0 aliphatic carbocycles. The molecule has 38 heavy (non-hydrogen) atoms. The molecule has 0 saturated heterocycles. The summed E-state index contributed by atoms with van der Waals surface area (Å²) in [4.78, 5) is 11.2. The molecule has 1 aromatic heterocycles. The number of benzene rings is 3. The zero-order valence-electron chi connectivity index (χ0n) is 21.7. The second-order valence-corrected chi connectivity index (χ2v) is 9.56. The van der Waals surface area contributed by atoms with Crippen molar-refractivity contribution in [2.24, 2.45) is 0 Å². The van der Waals surface area contributed by atoms with Crippen molar-refractivity contribution in [2.45, 2.75) is 32.8 Å². The van der Waals surface area contributed by atoms with E-state index in [4.69, 9.17) is 19.3 Å². The highest BCUT2D eigenvalue weighted by Crippen LogP contribution is 2.38. The first-order valence-corrected chi connectivity index (χ1v) is 13.0. The summed E-state index contributed by atoms with van der Waals surface area (Å²) in [6.45, 7) is 5.30. The van der Waals surface area contributed by atoms with Crippen LogP contribution in [0.1, 0.15) is 36.0 Å². The Morgan fingerprint density at radius 3 is 2.53 bits per heavy atom. The average molecular weight is 549 g/mol. The minimum absolute atomic E-state index is 0. The minimum Gasteiger partial charge on any atom is -0.491 e. The first-order chi connectivity index (χ1) is 18.0. The SMILES string of the molecule is CC#C[C@@H](CC(=O)O)c1ccc(OCc2ccc3scc(-c4cccc(OCCOC)c4C)c3c2)cc1.S. The van der Waals surface area contributed by atoms with E-state index in [2.05, 4.69) is 48.4 Å². The number of carbonyl (C=O) groups is 1. The van der Waals surface area contributed by atoms with Crippen molar-refractivity contribution in [1.82, 2.24) is 0 Å². The highest BCUT2D eigenvalue weighted by atomic mass is 32.1. The van der Waals surface area contributed by atoms with E-state index in [9.17, 15) is 4.79 Å². The lowest BCUT2D eigenvalue weighted by Gasteiger charge is -2.13. The fourth-order valence-corrected chi connectivity index (χ4v) is 5.18. The maximum atomic E-state index is 11.2. The third-order valence-electron chi connectivity index (χ3n) is 6.14. The average Bonchev–Trinajstić information content (AvgIpc) is 3.31. The van der Waals surface area contributed by atoms with Crippen LogP contribution >= 0.6 is 24.8 Å². The van der Waals surface area contributed by atoms with Crippen LogP contribution in [0.25, 0.3) is 21.2 Å². The zero-order valence-corrected chi connectivity index (χ0v) is 23.6. The van der Waals surface area contributed by atoms with Gasteiger partial charge in [-0.15, -0.1) is 17.3 Å². The Morgan fingerprint density at radius 1 is 1.03 bits per heavy atom. The van der Waals surface area contributed by atoms with Crippen LogP contribution < -0.4 is 9.47 Å². The van der Waals surface area contributed by atoms with Crippen molar-refractivity contribution in [1.29, 1.82) is 0 Å². The van der Waals surface area contributed by atoms with Gasteiger partial charge >= 0.3 is 5.97 Å². The summed E-state index contributed by atoms with van der Waals surface area (Å²) in [6.07, 6.45) is -0.0221. The summed E-state index contributed by atoms with van der Waals surface area (Å²) >= 11 is 1.73. The normalized spacial score (nSPS) is 11.2. The lowest BCUT2D eigenvalue weighted by molar-refractivity contribution is -0.137. The summed E-state index contributed by atoms with van der Waals surface area (Å²) in [5.74, 6) is 6.20. The van der Waals surface area contributed by atoms with Gasteiger partial charge in [-0.3, -0.25) is 4.79 Å². The highest BCUT2D eigenvalue weighted by Gasteiger charge is 2.14. The molecule has 0 aliphatic heterocycles. The molecular weight excluding hydrogens is 516 g/mol. The topological polar surface area (TPSA) is 65.0 Å². The number of thiophene rings is 1. The number of methoxy groups -OCH3 is 1. The summed E-state index contributed by atoms with van der Waals surface area (Å²) < 4.78 is 18.3. The van der Waals surface area contributed by atoms with Gasteiger partial charge < -0.3 is 19.3 Å². The van der Waals surface area contributed by atoms with E-state index in [0.29, 0.717) is 19.8 Å². The van der Waals surface area contributed by atoms with Crippen LogP contribution in [0.4, 0.5) is 0 Å². The number of hydrogen-bond donors (Lipinski definition) is 1. The van der Waals surface area contributed by atoms with Gasteiger partial charge in [0.2, 0.25) is 0 Å². The van der Waals surface area contributed by atoms with Gasteiger partial charge in [-0.25, -0.2) is 0 Å². The first-order valence-electron chi connectivity index (χ1n) is 12.1. The summed E-state index contributed by atoms with van der Waals surface area (Å²) in [7, 11) is 1.67. The molecule has 3 aromatic carbocycles. The third-order valence-corrected chi connectivity index (χ3v) is 7.11. The van der Waals surface area contributed by atoms with Crippen molar-refractivity contribution < 1.29 is 24.1 Å². The Labute approximate surface area is 234 Å². The summed E-state index contributed by atoms with van der Waals surface area (Å²) in [5, 5.41) is 12.5. The van der Waals surface area contributed by atoms with Crippen LogP contribution in [-0.2, 0) is 16.1 Å². The number of hydrogen-bond acceptors (Lipinski definition) is 5. The van der Waals surface area contributed by atoms with E-state index >= 15 is 0 Å². The van der Waals surface area contributed by atoms with Crippen LogP contribution in [0.15, 0.2) is 66.0 Å². The Bertz CT molecular complexity index is 1430. The summed E-state index contributed by atoms with van der Waals surface area (Å²) in [5.41, 5.74) is 5.39. The van der Waals surface area contributed by atoms with Crippen LogP contribution in [-0.4, -0.2) is 31.4 Å². The van der Waals surface area contributed by atoms with Gasteiger partial charge in [-0.1, -0.05) is 36.3 Å². The maximum Gasteiger partial charge on any atom is 0.304 e. The monoisotopic (exact) mass is 548 g/mol. The number of ether oxygens (including phenoxy) is 3. The molecule has 198 valence electrons. The Hall–Kier alpha value is -3.44. The second-order valence-electron chi connectivity index (χ2n) is 8.65. The van der Waals surface area contributed by atoms with Gasteiger partial charge in [-0.2, -0.15) is 13.5 Å². The molecule has 0 saturated carbocycles. The zero-order chi connectivity index (χ0) is 26.2. The molecule has 0 amide bonds. The molecule has 4 rings (SSSR count). The third kappa shape index (κ3) is 7.11. The molecule has 5 nitrogen and oxygen atoms in total. The Morgan fingerprint density at radius 2 is 1.82 bits per heavy atom. The molecule has 0 unspecified atom stereocenters. The van der Waals surface area contributed by atoms with E-state index in [1.807, 2.05) is 36.4 Å². The number of carboxylic acids is 1. The molecular formula is C31H32O5S2. The van der Waals surface area contributed by atoms with Gasteiger partial charge in [0.05, 0.1) is 18.9 Å². The van der Waals surface area contributed by atoms with Crippen LogP contribution in [0.5, 0.6) is 11.5 Å². The molecule has 0 radical (unpaired) electrons. The summed E-state index contributed by atoms with van der Waals surface area (Å²) in [6, 6.07) is 20.1. The molecule has 1 N–H and O–H groups in total. The van der Waals surface area contributed by atoms with Gasteiger partial charge in [-0.05, 0) is 71.8 Å². The minimum atomic E-state index is -0.864. The van der Waals surface area contributed by atoms with Crippen molar-refractivity contribution in [3.8, 4) is 34.5 Å². The predicted octanol–water partition coefficient (Wildman–Crippen LogP) is 7.18. The van der Waals surface area contributed by atoms with Crippen LogP contribution in [0.2, 0.25) is 0 Å². The maximum absolute atomic E-state index is 11.2. The van der Waals surface area contributed by atoms with Crippen LogP contribution in [0, 0.1) is 18.8 Å². The number of fused-ring (bicyclic) bond motifs is 1. The van der Waals surface area contributed by atoms with Gasteiger partial charge in [0.25, 0.3) is 0 Å². The second kappa shape index (κ2) is 13.9. The fourth-order valence-electron chi connectivity index (χ4n) is 4.24. The molecule has 7 heteroatoms. The fraction of sp³-hybridized carbons (Fsp3) is 0.258. The number of rotatable bonds is 11. The molecule has 0 aliphatic rings. The van der Waals surface area contributed by atoms with E-state index in [1.54, 1.807) is 25.4 Å². The van der Waals surface area contributed by atoms with Gasteiger partial charge in [0.15, 0.2) is 0 Å². The van der Waals surface area contributed by atoms with Crippen LogP contribution in [0.3, 0.4) is 0 Å². The van der Waals surface area contributed by atoms with Gasteiger partial charge in [0, 0.05) is 22.8 Å². The van der Waals surface area contributed by atoms with Gasteiger partial charge in [0.1, 0.15) is 24.7 Å². The molecule has 0 bridgehead atoms. The van der Waals surface area contributed by atoms with E-state index in [-0.39, 0.29) is 25.8 Å². The Balaban J connectivity index is 0.00000400. The molecule has 1 atom stereocenters. The van der Waals surface area contributed by atoms with Crippen molar-refractivity contribution >= 4 is 40.9 Å². The predicted molar refractivity (Wildman–Crippen MR) is 159 cm³/mol. The molecule has 1 heterocycles. The number of aliphatic carboxylic acids is 1. The van der Waals surface area contributed by atoms with Crippen molar-refractivity contribution in [2.75, 3.05) is 20.3 Å². The van der Waals surface area contributed by atoms with E-state index < -0.39 is 5.97 Å². The number of carboxylic acid groups (broad SMARTS) is 1. The standard InChI is InChI=1S/C31H30O5S.H2S/c1-4-6-24(18-31(32)33)23-10-12-25(13-11-23)36-19-22-9-14-30-27(17-22)28(20-37-30)26-7-5-8-29(21(26)2)35-16-15-34-3;/h5,7-14,17,20,24H,15-16,18-19H2,1-3H3,(H,32,33);1H2/t24-;/m0./s1. The van der Waals surface area contributed by atoms with Crippen molar-refractivity contribution in [3.63, 3.8) is 0 Å². The molecule has 4 aromatic rings. The van der Waals surface area contributed by atoms with E-state index in [1.165, 1.54) is 15.6 Å². The lowest BCUT2D eigenvalue weighted by atomic mass is 9.96. The van der Waals surface area contributed by atoms with Crippen molar-refractivity contribution in [3.05, 3.63) is 82.7 Å². The molecule has 0 fully saturated rings. The quantitative estimate of drug-likeness (QED) is 0.159. The van der Waals surface area contributed by atoms with E-state index in [0.717, 1.165) is 33.8 Å².